The summed E-state index contributed by atoms with van der Waals surface area (Å²) in [5, 5.41) is 21.2. The van der Waals surface area contributed by atoms with Crippen LogP contribution in [0.15, 0.2) is 18.2 Å². The van der Waals surface area contributed by atoms with Crippen LogP contribution in [-0.4, -0.2) is 34.6 Å². The second-order valence-electron chi connectivity index (χ2n) is 3.78. The Kier molecular flexibility index (Phi) is 4.51. The Bertz CT molecular complexity index is 532. The number of carbonyl (C=O) groups is 2. The Labute approximate surface area is 107 Å². The van der Waals surface area contributed by atoms with Crippen LogP contribution in [0.5, 0.6) is 0 Å². The largest absolute Gasteiger partial charge is 0.480 e. The van der Waals surface area contributed by atoms with Gasteiger partial charge in [0.2, 0.25) is 0 Å². The van der Waals surface area contributed by atoms with Crippen molar-refractivity contribution < 1.29 is 24.0 Å². The molecule has 2 N–H and O–H groups in total. The molecule has 0 spiro atoms. The van der Waals surface area contributed by atoms with Crippen molar-refractivity contribution >= 4 is 17.6 Å². The van der Waals surface area contributed by atoms with E-state index in [2.05, 4.69) is 0 Å². The SMILES string of the molecule is Cc1cc(C(=O)NC(CF)C(=O)O)ccc1[N+](=O)[O-]. The maximum absolute atomic E-state index is 12.3. The van der Waals surface area contributed by atoms with E-state index >= 15 is 0 Å². The van der Waals surface area contributed by atoms with Gasteiger partial charge < -0.3 is 10.4 Å². The Morgan fingerprint density at radius 2 is 2.16 bits per heavy atom. The molecule has 0 saturated carbocycles. The standard InChI is InChI=1S/C11H11FN2O5/c1-6-4-7(2-3-9(6)14(18)19)10(15)13-8(5-12)11(16)17/h2-4,8H,5H2,1H3,(H,13,15)(H,16,17). The number of rotatable bonds is 5. The number of halogens is 1. The fourth-order valence-corrected chi connectivity index (χ4v) is 1.41. The van der Waals surface area contributed by atoms with Crippen LogP contribution in [0.2, 0.25) is 0 Å². The highest BCUT2D eigenvalue weighted by Crippen LogP contribution is 2.18. The molecule has 19 heavy (non-hydrogen) atoms. The van der Waals surface area contributed by atoms with Crippen LogP contribution in [-0.2, 0) is 4.79 Å². The zero-order valence-electron chi connectivity index (χ0n) is 9.92. The summed E-state index contributed by atoms with van der Waals surface area (Å²) in [6, 6.07) is 1.92. The lowest BCUT2D eigenvalue weighted by Gasteiger charge is -2.11. The molecule has 0 heterocycles. The third-order valence-electron chi connectivity index (χ3n) is 2.41. The van der Waals surface area contributed by atoms with Crippen LogP contribution in [0.25, 0.3) is 0 Å². The second kappa shape index (κ2) is 5.89. The molecule has 8 heteroatoms. The lowest BCUT2D eigenvalue weighted by Crippen LogP contribution is -2.42. The first-order valence-electron chi connectivity index (χ1n) is 5.21. The summed E-state index contributed by atoms with van der Waals surface area (Å²) in [6.45, 7) is 0.200. The van der Waals surface area contributed by atoms with Gasteiger partial charge in [-0.05, 0) is 19.1 Å². The first-order chi connectivity index (χ1) is 8.86. The molecule has 0 aromatic heterocycles. The van der Waals surface area contributed by atoms with E-state index in [4.69, 9.17) is 5.11 Å². The number of carboxylic acids is 1. The molecule has 1 atom stereocenters. The number of aryl methyl sites for hydroxylation is 1. The molecule has 0 aliphatic heterocycles. The van der Waals surface area contributed by atoms with Crippen molar-refractivity contribution in [3.05, 3.63) is 39.4 Å². The zero-order chi connectivity index (χ0) is 14.6. The molecule has 1 unspecified atom stereocenters. The Morgan fingerprint density at radius 3 is 2.58 bits per heavy atom. The summed E-state index contributed by atoms with van der Waals surface area (Å²) in [6.07, 6.45) is 0. The normalized spacial score (nSPS) is 11.7. The number of hydrogen-bond donors (Lipinski definition) is 2. The van der Waals surface area contributed by atoms with E-state index in [1.54, 1.807) is 0 Å². The smallest absolute Gasteiger partial charge is 0.328 e. The molecule has 1 rings (SSSR count). The zero-order valence-corrected chi connectivity index (χ0v) is 9.92. The summed E-state index contributed by atoms with van der Waals surface area (Å²) in [5.41, 5.74) is 0.129. The van der Waals surface area contributed by atoms with E-state index in [-0.39, 0.29) is 16.8 Å². The highest BCUT2D eigenvalue weighted by atomic mass is 19.1. The molecule has 0 aliphatic rings. The topological polar surface area (TPSA) is 110 Å². The molecule has 0 aliphatic carbocycles. The van der Waals surface area contributed by atoms with Crippen LogP contribution < -0.4 is 5.32 Å². The first kappa shape index (κ1) is 14.6. The molecule has 0 bridgehead atoms. The van der Waals surface area contributed by atoms with Gasteiger partial charge in [-0.1, -0.05) is 0 Å². The summed E-state index contributed by atoms with van der Waals surface area (Å²) < 4.78 is 12.3. The fourth-order valence-electron chi connectivity index (χ4n) is 1.41. The van der Waals surface area contributed by atoms with Crippen molar-refractivity contribution in [2.75, 3.05) is 6.67 Å². The van der Waals surface area contributed by atoms with Crippen LogP contribution in [0.4, 0.5) is 10.1 Å². The van der Waals surface area contributed by atoms with Gasteiger partial charge in [0.25, 0.3) is 11.6 Å². The van der Waals surface area contributed by atoms with Crippen LogP contribution in [0.3, 0.4) is 0 Å². The average molecular weight is 270 g/mol. The lowest BCUT2D eigenvalue weighted by atomic mass is 10.1. The second-order valence-corrected chi connectivity index (χ2v) is 3.78. The maximum atomic E-state index is 12.3. The van der Waals surface area contributed by atoms with E-state index in [1.165, 1.54) is 19.1 Å². The third kappa shape index (κ3) is 3.47. The van der Waals surface area contributed by atoms with E-state index in [1.807, 2.05) is 5.32 Å². The Hall–Kier alpha value is -2.51. The Balaban J connectivity index is 2.92. The van der Waals surface area contributed by atoms with Crippen molar-refractivity contribution in [2.45, 2.75) is 13.0 Å². The molecule has 1 aromatic carbocycles. The van der Waals surface area contributed by atoms with Gasteiger partial charge in [0.1, 0.15) is 6.67 Å². The minimum absolute atomic E-state index is 0.0304. The van der Waals surface area contributed by atoms with Crippen molar-refractivity contribution in [3.63, 3.8) is 0 Å². The minimum atomic E-state index is -1.64. The van der Waals surface area contributed by atoms with Gasteiger partial charge in [0.15, 0.2) is 6.04 Å². The highest BCUT2D eigenvalue weighted by Gasteiger charge is 2.21. The predicted molar refractivity (Wildman–Crippen MR) is 62.7 cm³/mol. The summed E-state index contributed by atoms with van der Waals surface area (Å²) in [4.78, 5) is 32.2. The van der Waals surface area contributed by atoms with Crippen molar-refractivity contribution in [2.24, 2.45) is 0 Å². The van der Waals surface area contributed by atoms with E-state index in [0.717, 1.165) is 6.07 Å². The predicted octanol–water partition coefficient (Wildman–Crippen LogP) is 1.06. The molecule has 0 radical (unpaired) electrons. The minimum Gasteiger partial charge on any atom is -0.480 e. The number of aliphatic carboxylic acids is 1. The number of carboxylic acid groups (broad SMARTS) is 1. The number of nitro benzene ring substituents is 1. The van der Waals surface area contributed by atoms with Gasteiger partial charge in [0.05, 0.1) is 4.92 Å². The molecule has 102 valence electrons. The van der Waals surface area contributed by atoms with Gasteiger partial charge in [-0.3, -0.25) is 14.9 Å². The summed E-state index contributed by atoms with van der Waals surface area (Å²) in [5.74, 6) is -2.29. The third-order valence-corrected chi connectivity index (χ3v) is 2.41. The van der Waals surface area contributed by atoms with Crippen molar-refractivity contribution in [3.8, 4) is 0 Å². The van der Waals surface area contributed by atoms with Crippen molar-refractivity contribution in [1.29, 1.82) is 0 Å². The lowest BCUT2D eigenvalue weighted by molar-refractivity contribution is -0.385. The van der Waals surface area contributed by atoms with E-state index in [9.17, 15) is 24.1 Å². The number of nitrogens with one attached hydrogen (secondary N) is 1. The van der Waals surface area contributed by atoms with Gasteiger partial charge >= 0.3 is 5.97 Å². The monoisotopic (exact) mass is 270 g/mol. The number of alkyl halides is 1. The fraction of sp³-hybridized carbons (Fsp3) is 0.273. The number of benzene rings is 1. The quantitative estimate of drug-likeness (QED) is 0.614. The van der Waals surface area contributed by atoms with Crippen LogP contribution in [0.1, 0.15) is 15.9 Å². The van der Waals surface area contributed by atoms with Crippen LogP contribution in [0, 0.1) is 17.0 Å². The number of nitro groups is 1. The number of amides is 1. The van der Waals surface area contributed by atoms with Gasteiger partial charge in [-0.25, -0.2) is 9.18 Å². The first-order valence-corrected chi connectivity index (χ1v) is 5.21. The van der Waals surface area contributed by atoms with E-state index < -0.39 is 29.5 Å². The highest BCUT2D eigenvalue weighted by molar-refractivity contribution is 5.97. The number of hydrogen-bond acceptors (Lipinski definition) is 4. The maximum Gasteiger partial charge on any atom is 0.328 e. The van der Waals surface area contributed by atoms with Crippen LogP contribution >= 0.6 is 0 Å². The Morgan fingerprint density at radius 1 is 1.53 bits per heavy atom. The molecule has 0 fully saturated rings. The average Bonchev–Trinajstić information content (AvgIpc) is 2.34. The molecular formula is C11H11FN2O5. The molecular weight excluding hydrogens is 259 g/mol. The van der Waals surface area contributed by atoms with Crippen molar-refractivity contribution in [1.82, 2.24) is 5.32 Å². The summed E-state index contributed by atoms with van der Waals surface area (Å²) >= 11 is 0. The number of nitrogens with zero attached hydrogens (tertiary/aromatic N) is 1. The number of carbonyl (C=O) groups excluding carboxylic acids is 1. The summed E-state index contributed by atoms with van der Waals surface area (Å²) in [7, 11) is 0. The molecule has 7 nitrogen and oxygen atoms in total. The molecule has 0 saturated heterocycles. The van der Waals surface area contributed by atoms with E-state index in [0.29, 0.717) is 0 Å². The van der Waals surface area contributed by atoms with Gasteiger partial charge in [0, 0.05) is 17.2 Å². The van der Waals surface area contributed by atoms with Gasteiger partial charge in [-0.2, -0.15) is 0 Å². The molecule has 1 aromatic rings. The van der Waals surface area contributed by atoms with Gasteiger partial charge in [-0.15, -0.1) is 0 Å². The molecule has 1 amide bonds.